The molecular formula is C26H32N2OS. The fraction of sp³-hybridized carbons (Fsp3) is 0.269. The highest BCUT2D eigenvalue weighted by molar-refractivity contribution is 8.11. The van der Waals surface area contributed by atoms with Crippen LogP contribution in [-0.4, -0.2) is 17.6 Å². The molecule has 1 aromatic heterocycles. The van der Waals surface area contributed by atoms with Gasteiger partial charge >= 0.3 is 0 Å². The number of rotatable bonds is 10. The second-order valence-electron chi connectivity index (χ2n) is 7.70. The van der Waals surface area contributed by atoms with Gasteiger partial charge in [0.15, 0.2) is 0 Å². The third kappa shape index (κ3) is 6.39. The van der Waals surface area contributed by atoms with Crippen LogP contribution in [-0.2, 0) is 6.42 Å². The molecule has 0 spiro atoms. The van der Waals surface area contributed by atoms with Crippen LogP contribution in [0, 0.1) is 0 Å². The smallest absolute Gasteiger partial charge is 0.126 e. The SMILES string of the molecule is C=C(C)SC(=C)c1ccc2cnc(NCCCc3ccc(OC(C)C)cc3)cc2c1.[HH]. The number of pyridine rings is 1. The third-order valence-corrected chi connectivity index (χ3v) is 5.42. The molecule has 3 rings (SSSR count). The lowest BCUT2D eigenvalue weighted by atomic mass is 10.1. The fourth-order valence-corrected chi connectivity index (χ4v) is 3.86. The van der Waals surface area contributed by atoms with E-state index in [4.69, 9.17) is 4.74 Å². The van der Waals surface area contributed by atoms with Gasteiger partial charge < -0.3 is 10.1 Å². The van der Waals surface area contributed by atoms with Crippen molar-refractivity contribution >= 4 is 33.3 Å². The van der Waals surface area contributed by atoms with Crippen LogP contribution in [0.1, 0.15) is 39.7 Å². The predicted octanol–water partition coefficient (Wildman–Crippen LogP) is 7.55. The highest BCUT2D eigenvalue weighted by atomic mass is 32.2. The summed E-state index contributed by atoms with van der Waals surface area (Å²) in [5, 5.41) is 5.74. The first kappa shape index (κ1) is 22.0. The van der Waals surface area contributed by atoms with Crippen molar-refractivity contribution in [2.45, 2.75) is 39.7 Å². The molecule has 3 nitrogen and oxygen atoms in total. The van der Waals surface area contributed by atoms with Crippen molar-refractivity contribution in [2.24, 2.45) is 0 Å². The lowest BCUT2D eigenvalue weighted by Gasteiger charge is -2.11. The van der Waals surface area contributed by atoms with E-state index in [1.54, 1.807) is 11.8 Å². The van der Waals surface area contributed by atoms with Crippen molar-refractivity contribution < 1.29 is 6.16 Å². The molecule has 4 heteroatoms. The molecular weight excluding hydrogens is 388 g/mol. The molecule has 3 aromatic rings. The maximum atomic E-state index is 5.70. The Morgan fingerprint density at radius 3 is 2.57 bits per heavy atom. The van der Waals surface area contributed by atoms with E-state index in [0.717, 1.165) is 57.1 Å². The summed E-state index contributed by atoms with van der Waals surface area (Å²) in [5.41, 5.74) is 2.44. The molecule has 0 saturated carbocycles. The average Bonchev–Trinajstić information content (AvgIpc) is 2.71. The number of anilines is 1. The molecule has 1 N–H and O–H groups in total. The molecule has 0 bridgehead atoms. The van der Waals surface area contributed by atoms with Crippen molar-refractivity contribution in [1.29, 1.82) is 0 Å². The van der Waals surface area contributed by atoms with Gasteiger partial charge in [0.1, 0.15) is 11.6 Å². The number of nitrogens with one attached hydrogen (secondary N) is 1. The van der Waals surface area contributed by atoms with E-state index in [1.165, 1.54) is 5.56 Å². The van der Waals surface area contributed by atoms with Crippen LogP contribution in [0.25, 0.3) is 15.7 Å². The Kier molecular flexibility index (Phi) is 7.58. The van der Waals surface area contributed by atoms with Crippen molar-refractivity contribution in [3.8, 4) is 5.75 Å². The van der Waals surface area contributed by atoms with E-state index in [-0.39, 0.29) is 7.53 Å². The third-order valence-electron chi connectivity index (χ3n) is 4.58. The number of allylic oxidation sites excluding steroid dienone is 1. The summed E-state index contributed by atoms with van der Waals surface area (Å²) < 4.78 is 5.70. The molecule has 0 aliphatic rings. The molecule has 0 amide bonds. The van der Waals surface area contributed by atoms with Gasteiger partial charge in [-0.1, -0.05) is 49.2 Å². The highest BCUT2D eigenvalue weighted by Crippen LogP contribution is 2.32. The zero-order valence-electron chi connectivity index (χ0n) is 18.1. The summed E-state index contributed by atoms with van der Waals surface area (Å²) in [4.78, 5) is 6.60. The summed E-state index contributed by atoms with van der Waals surface area (Å²) in [7, 11) is 0. The van der Waals surface area contributed by atoms with Crippen LogP contribution < -0.4 is 10.1 Å². The zero-order valence-corrected chi connectivity index (χ0v) is 18.9. The predicted molar refractivity (Wildman–Crippen MR) is 134 cm³/mol. The lowest BCUT2D eigenvalue weighted by molar-refractivity contribution is 0.242. The number of ether oxygens (including phenoxy) is 1. The van der Waals surface area contributed by atoms with E-state index in [9.17, 15) is 0 Å². The summed E-state index contributed by atoms with van der Waals surface area (Å²) in [6.07, 6.45) is 4.18. The molecule has 0 fully saturated rings. The molecule has 0 atom stereocenters. The number of hydrogen-bond acceptors (Lipinski definition) is 4. The molecule has 0 radical (unpaired) electrons. The van der Waals surface area contributed by atoms with Crippen LogP contribution in [0.2, 0.25) is 0 Å². The van der Waals surface area contributed by atoms with Crippen molar-refractivity contribution in [2.75, 3.05) is 11.9 Å². The number of fused-ring (bicyclic) bond motifs is 1. The summed E-state index contributed by atoms with van der Waals surface area (Å²) in [5.74, 6) is 1.83. The van der Waals surface area contributed by atoms with E-state index < -0.39 is 0 Å². The van der Waals surface area contributed by atoms with Gasteiger partial charge in [0, 0.05) is 24.5 Å². The summed E-state index contributed by atoms with van der Waals surface area (Å²) >= 11 is 1.61. The quantitative estimate of drug-likeness (QED) is 0.343. The number of aryl methyl sites for hydroxylation is 1. The maximum absolute atomic E-state index is 5.70. The number of thioether (sulfide) groups is 1. The Morgan fingerprint density at radius 1 is 1.10 bits per heavy atom. The van der Waals surface area contributed by atoms with Gasteiger partial charge in [-0.15, -0.1) is 0 Å². The first-order valence-corrected chi connectivity index (χ1v) is 11.1. The van der Waals surface area contributed by atoms with Gasteiger partial charge in [0.05, 0.1) is 6.10 Å². The van der Waals surface area contributed by atoms with Gasteiger partial charge in [-0.2, -0.15) is 0 Å². The van der Waals surface area contributed by atoms with Crippen LogP contribution in [0.4, 0.5) is 5.82 Å². The highest BCUT2D eigenvalue weighted by Gasteiger charge is 2.04. The summed E-state index contributed by atoms with van der Waals surface area (Å²) in [6, 6.07) is 16.8. The Labute approximate surface area is 185 Å². The Hall–Kier alpha value is -2.72. The number of benzene rings is 2. The molecule has 1 heterocycles. The van der Waals surface area contributed by atoms with Crippen molar-refractivity contribution in [3.05, 3.63) is 83.9 Å². The molecule has 0 saturated heterocycles. The second kappa shape index (κ2) is 10.4. The van der Waals surface area contributed by atoms with Crippen LogP contribution in [0.15, 0.2) is 72.8 Å². The minimum absolute atomic E-state index is 0. The fourth-order valence-electron chi connectivity index (χ4n) is 3.20. The van der Waals surface area contributed by atoms with E-state index in [2.05, 4.69) is 59.9 Å². The first-order valence-electron chi connectivity index (χ1n) is 10.3. The monoisotopic (exact) mass is 420 g/mol. The zero-order chi connectivity index (χ0) is 21.5. The Bertz CT molecular complexity index is 1030. The van der Waals surface area contributed by atoms with Crippen LogP contribution >= 0.6 is 11.8 Å². The van der Waals surface area contributed by atoms with E-state index in [1.807, 2.05) is 39.1 Å². The number of aromatic nitrogens is 1. The van der Waals surface area contributed by atoms with Gasteiger partial charge in [0.2, 0.25) is 0 Å². The Balaban J connectivity index is 0.00000341. The van der Waals surface area contributed by atoms with Gasteiger partial charge in [0.25, 0.3) is 0 Å². The van der Waals surface area contributed by atoms with Crippen LogP contribution in [0.5, 0.6) is 5.75 Å². The van der Waals surface area contributed by atoms with E-state index >= 15 is 0 Å². The van der Waals surface area contributed by atoms with Crippen LogP contribution in [0.3, 0.4) is 0 Å². The Morgan fingerprint density at radius 2 is 1.87 bits per heavy atom. The molecule has 158 valence electrons. The molecule has 2 aromatic carbocycles. The minimum Gasteiger partial charge on any atom is -0.491 e. The van der Waals surface area contributed by atoms with Gasteiger partial charge in [-0.25, -0.2) is 4.98 Å². The largest absolute Gasteiger partial charge is 0.491 e. The van der Waals surface area contributed by atoms with Gasteiger partial charge in [-0.3, -0.25) is 0 Å². The first-order chi connectivity index (χ1) is 14.4. The average molecular weight is 421 g/mol. The number of hydrogen-bond donors (Lipinski definition) is 1. The molecule has 0 aliphatic heterocycles. The van der Waals surface area contributed by atoms with E-state index in [0.29, 0.717) is 0 Å². The lowest BCUT2D eigenvalue weighted by Crippen LogP contribution is -2.06. The molecule has 0 aliphatic carbocycles. The molecule has 0 unspecified atom stereocenters. The minimum atomic E-state index is 0. The summed E-state index contributed by atoms with van der Waals surface area (Å²) in [6.45, 7) is 15.1. The second-order valence-corrected chi connectivity index (χ2v) is 9.09. The number of nitrogens with zero attached hydrogens (tertiary/aromatic N) is 1. The normalized spacial score (nSPS) is 10.9. The standard InChI is InChI=1S/C26H30N2OS.H2/c1-18(2)29-25-12-8-21(9-13-25)7-6-14-27-26-16-24-15-22(20(5)30-19(3)4)10-11-23(24)17-28-26;/h8-13,15-18H,3,5-7,14H2,1-2,4H3,(H,27,28);1H. The van der Waals surface area contributed by atoms with Gasteiger partial charge in [-0.05, 0) is 79.3 Å². The maximum Gasteiger partial charge on any atom is 0.126 e. The van der Waals surface area contributed by atoms with Crippen molar-refractivity contribution in [3.63, 3.8) is 0 Å². The topological polar surface area (TPSA) is 34.2 Å². The van der Waals surface area contributed by atoms with Crippen molar-refractivity contribution in [1.82, 2.24) is 4.98 Å². The molecule has 30 heavy (non-hydrogen) atoms.